The molecule has 0 bridgehead atoms. The molecule has 0 fully saturated rings. The third-order valence-electron chi connectivity index (χ3n) is 5.75. The highest BCUT2D eigenvalue weighted by Gasteiger charge is 2.26. The van der Waals surface area contributed by atoms with E-state index in [4.69, 9.17) is 9.72 Å². The predicted octanol–water partition coefficient (Wildman–Crippen LogP) is 6.48. The molecule has 0 aliphatic rings. The summed E-state index contributed by atoms with van der Waals surface area (Å²) in [4.78, 5) is 20.1. The average Bonchev–Trinajstić information content (AvgIpc) is 3.20. The van der Waals surface area contributed by atoms with Gasteiger partial charge in [-0.15, -0.1) is 11.3 Å². The minimum atomic E-state index is -0.133. The average molecular weight is 474 g/mol. The molecule has 5 nitrogen and oxygen atoms in total. The summed E-state index contributed by atoms with van der Waals surface area (Å²) in [5.74, 6) is -0.133. The number of hydrogen-bond donors (Lipinski definition) is 2. The van der Waals surface area contributed by atoms with Crippen LogP contribution in [0.25, 0.3) is 10.2 Å². The van der Waals surface area contributed by atoms with E-state index in [0.717, 1.165) is 57.0 Å². The zero-order valence-corrected chi connectivity index (χ0v) is 20.7. The molecule has 2 N–H and O–H groups in total. The second-order valence-corrected chi connectivity index (χ2v) is 9.38. The van der Waals surface area contributed by atoms with Crippen molar-refractivity contribution in [3.05, 3.63) is 94.0 Å². The molecule has 2 aromatic heterocycles. The maximum Gasteiger partial charge on any atom is 0.255 e. The summed E-state index contributed by atoms with van der Waals surface area (Å²) in [6.45, 7) is 5.51. The van der Waals surface area contributed by atoms with Crippen molar-refractivity contribution < 1.29 is 9.53 Å². The molecule has 0 aliphatic carbocycles. The largest absolute Gasteiger partial charge is 0.380 e. The number of carbonyl (C=O) groups is 1. The number of aryl methyl sites for hydroxylation is 1. The van der Waals surface area contributed by atoms with Gasteiger partial charge in [0.1, 0.15) is 4.83 Å². The molecule has 2 heterocycles. The van der Waals surface area contributed by atoms with Gasteiger partial charge in [-0.2, -0.15) is 0 Å². The topological polar surface area (TPSA) is 63.3 Å². The fourth-order valence-corrected chi connectivity index (χ4v) is 5.46. The van der Waals surface area contributed by atoms with Crippen LogP contribution in [0.1, 0.15) is 57.9 Å². The molecular weight excluding hydrogens is 442 g/mol. The van der Waals surface area contributed by atoms with Crippen LogP contribution in [0.3, 0.4) is 0 Å². The number of amides is 1. The van der Waals surface area contributed by atoms with Crippen LogP contribution in [0, 0.1) is 6.92 Å². The van der Waals surface area contributed by atoms with Crippen LogP contribution >= 0.6 is 11.3 Å². The number of pyridine rings is 1. The summed E-state index contributed by atoms with van der Waals surface area (Å²) in [7, 11) is 1.69. The minimum Gasteiger partial charge on any atom is -0.380 e. The van der Waals surface area contributed by atoms with E-state index in [2.05, 4.69) is 41.8 Å². The van der Waals surface area contributed by atoms with Gasteiger partial charge < -0.3 is 15.4 Å². The molecule has 0 aliphatic heterocycles. The number of carbonyl (C=O) groups excluding carboxylic acids is 1. The Morgan fingerprint density at radius 3 is 2.47 bits per heavy atom. The molecule has 1 atom stereocenters. The molecule has 4 aromatic rings. The van der Waals surface area contributed by atoms with Crippen molar-refractivity contribution in [3.8, 4) is 0 Å². The number of nitrogens with zero attached hydrogens (tertiary/aromatic N) is 1. The monoisotopic (exact) mass is 473 g/mol. The zero-order chi connectivity index (χ0) is 23.9. The molecule has 0 spiro atoms. The van der Waals surface area contributed by atoms with E-state index in [1.165, 1.54) is 0 Å². The lowest BCUT2D eigenvalue weighted by Gasteiger charge is -2.20. The van der Waals surface area contributed by atoms with E-state index in [1.807, 2.05) is 49.4 Å². The van der Waals surface area contributed by atoms with Gasteiger partial charge in [-0.1, -0.05) is 61.9 Å². The lowest BCUT2D eigenvalue weighted by Crippen LogP contribution is -2.24. The van der Waals surface area contributed by atoms with Gasteiger partial charge in [-0.3, -0.25) is 4.79 Å². The molecule has 176 valence electrons. The number of aromatic nitrogens is 1. The summed E-state index contributed by atoms with van der Waals surface area (Å²) < 4.78 is 5.52. The third kappa shape index (κ3) is 5.36. The first-order valence-electron chi connectivity index (χ1n) is 11.7. The van der Waals surface area contributed by atoms with Crippen molar-refractivity contribution in [1.82, 2.24) is 10.3 Å². The van der Waals surface area contributed by atoms with Crippen LogP contribution in [-0.4, -0.2) is 24.5 Å². The van der Waals surface area contributed by atoms with Gasteiger partial charge in [0.15, 0.2) is 0 Å². The molecule has 4 rings (SSSR count). The predicted molar refractivity (Wildman–Crippen MR) is 141 cm³/mol. The lowest BCUT2D eigenvalue weighted by molar-refractivity contribution is 0.102. The summed E-state index contributed by atoms with van der Waals surface area (Å²) in [6.07, 6.45) is 2.18. The van der Waals surface area contributed by atoms with Crippen LogP contribution in [0.4, 0.5) is 5.69 Å². The number of rotatable bonds is 10. The van der Waals surface area contributed by atoms with Crippen LogP contribution in [0.5, 0.6) is 0 Å². The second-order valence-electron chi connectivity index (χ2n) is 8.35. The van der Waals surface area contributed by atoms with E-state index in [0.29, 0.717) is 12.2 Å². The Bertz CT molecular complexity index is 1240. The molecule has 1 amide bonds. The fraction of sp³-hybridized carbons (Fsp3) is 0.286. The number of anilines is 1. The lowest BCUT2D eigenvalue weighted by atomic mass is 10.0. The van der Waals surface area contributed by atoms with Gasteiger partial charge in [0.25, 0.3) is 5.91 Å². The van der Waals surface area contributed by atoms with E-state index < -0.39 is 0 Å². The molecule has 0 saturated heterocycles. The molecule has 0 radical (unpaired) electrons. The van der Waals surface area contributed by atoms with Gasteiger partial charge in [-0.05, 0) is 49.2 Å². The number of nitrogens with one attached hydrogen (secondary N) is 2. The maximum atomic E-state index is 13.3. The van der Waals surface area contributed by atoms with Crippen molar-refractivity contribution >= 4 is 33.1 Å². The van der Waals surface area contributed by atoms with Crippen molar-refractivity contribution in [3.63, 3.8) is 0 Å². The minimum absolute atomic E-state index is 0.0614. The first-order valence-corrected chi connectivity index (χ1v) is 12.5. The Morgan fingerprint density at radius 2 is 1.79 bits per heavy atom. The van der Waals surface area contributed by atoms with Gasteiger partial charge in [0, 0.05) is 23.8 Å². The zero-order valence-electron chi connectivity index (χ0n) is 19.9. The number of fused-ring (bicyclic) bond motifs is 1. The smallest absolute Gasteiger partial charge is 0.255 e. The molecule has 6 heteroatoms. The van der Waals surface area contributed by atoms with Gasteiger partial charge >= 0.3 is 0 Å². The molecule has 0 unspecified atom stereocenters. The van der Waals surface area contributed by atoms with Crippen molar-refractivity contribution in [2.45, 2.75) is 39.3 Å². The summed E-state index contributed by atoms with van der Waals surface area (Å²) in [6, 6.07) is 21.7. The van der Waals surface area contributed by atoms with Crippen LogP contribution in [0.15, 0.2) is 66.7 Å². The first kappa shape index (κ1) is 24.1. The van der Waals surface area contributed by atoms with Crippen molar-refractivity contribution in [1.29, 1.82) is 0 Å². The van der Waals surface area contributed by atoms with Gasteiger partial charge in [0.2, 0.25) is 0 Å². The number of benzene rings is 2. The number of thiophene rings is 1. The SMILES string of the molecule is CCCCN[C@@H](c1ccccc1)c1sc2nc(C)cc(COC)c2c1NC(=O)c1ccccc1. The molecule has 0 saturated carbocycles. The molecule has 2 aromatic carbocycles. The normalized spacial score (nSPS) is 12.1. The Kier molecular flexibility index (Phi) is 8.06. The molecule has 34 heavy (non-hydrogen) atoms. The van der Waals surface area contributed by atoms with E-state index in [1.54, 1.807) is 18.4 Å². The Morgan fingerprint density at radius 1 is 1.09 bits per heavy atom. The maximum absolute atomic E-state index is 13.3. The fourth-order valence-electron chi connectivity index (χ4n) is 4.13. The van der Waals surface area contributed by atoms with Crippen molar-refractivity contribution in [2.24, 2.45) is 0 Å². The third-order valence-corrected chi connectivity index (χ3v) is 6.90. The van der Waals surface area contributed by atoms with Crippen LogP contribution in [0.2, 0.25) is 0 Å². The van der Waals surface area contributed by atoms with E-state index in [9.17, 15) is 4.79 Å². The Balaban J connectivity index is 1.89. The standard InChI is InChI=1S/C28H31N3O2S/c1-4-5-16-29-24(20-12-8-6-9-13-20)26-25(31-27(32)21-14-10-7-11-15-21)23-22(18-33-3)17-19(2)30-28(23)34-26/h6-15,17,24,29H,4-5,16,18H2,1-3H3,(H,31,32)/t24-/m0/s1. The highest BCUT2D eigenvalue weighted by Crippen LogP contribution is 2.43. The number of ether oxygens (including phenoxy) is 1. The Labute approximate surface area is 205 Å². The number of hydrogen-bond acceptors (Lipinski definition) is 5. The van der Waals surface area contributed by atoms with Crippen LogP contribution in [-0.2, 0) is 11.3 Å². The first-order chi connectivity index (χ1) is 16.6. The highest BCUT2D eigenvalue weighted by atomic mass is 32.1. The van der Waals surface area contributed by atoms with Gasteiger partial charge in [-0.25, -0.2) is 4.98 Å². The summed E-state index contributed by atoms with van der Waals surface area (Å²) in [5.41, 5.74) is 4.55. The van der Waals surface area contributed by atoms with Crippen LogP contribution < -0.4 is 10.6 Å². The summed E-state index contributed by atoms with van der Waals surface area (Å²) in [5, 5.41) is 7.93. The Hall–Kier alpha value is -3.06. The second kappa shape index (κ2) is 11.4. The number of methoxy groups -OCH3 is 1. The quantitative estimate of drug-likeness (QED) is 0.259. The summed E-state index contributed by atoms with van der Waals surface area (Å²) >= 11 is 1.63. The number of unbranched alkanes of at least 4 members (excludes halogenated alkanes) is 1. The van der Waals surface area contributed by atoms with Gasteiger partial charge in [0.05, 0.1) is 23.2 Å². The highest BCUT2D eigenvalue weighted by molar-refractivity contribution is 7.19. The van der Waals surface area contributed by atoms with E-state index in [-0.39, 0.29) is 11.9 Å². The van der Waals surface area contributed by atoms with Crippen molar-refractivity contribution in [2.75, 3.05) is 19.0 Å². The van der Waals surface area contributed by atoms with E-state index >= 15 is 0 Å². The molecular formula is C28H31N3O2S.